The van der Waals surface area contributed by atoms with Crippen molar-refractivity contribution in [2.24, 2.45) is 0 Å². The first-order chi connectivity index (χ1) is 9.87. The summed E-state index contributed by atoms with van der Waals surface area (Å²) in [5, 5.41) is 20.2. The van der Waals surface area contributed by atoms with E-state index in [1.807, 2.05) is 0 Å². The van der Waals surface area contributed by atoms with Crippen LogP contribution in [0.4, 0.5) is 11.4 Å². The molecule has 1 aliphatic heterocycles. The molecule has 0 aliphatic carbocycles. The molecule has 1 aliphatic rings. The van der Waals surface area contributed by atoms with E-state index in [4.69, 9.17) is 5.73 Å². The number of aliphatic hydroxyl groups is 1. The first kappa shape index (κ1) is 15.7. The molecule has 1 aromatic carbocycles. The van der Waals surface area contributed by atoms with Crippen molar-refractivity contribution in [3.63, 3.8) is 0 Å². The van der Waals surface area contributed by atoms with E-state index in [2.05, 4.69) is 0 Å². The molecule has 1 heterocycles. The summed E-state index contributed by atoms with van der Waals surface area (Å²) in [6.07, 6.45) is 2.12. The van der Waals surface area contributed by atoms with Gasteiger partial charge in [0.15, 0.2) is 0 Å². The summed E-state index contributed by atoms with van der Waals surface area (Å²) in [5.41, 5.74) is 4.95. The van der Waals surface area contributed by atoms with E-state index in [-0.39, 0.29) is 17.2 Å². The molecule has 0 saturated carbocycles. The number of nitrogens with two attached hydrogens (primary N) is 1. The summed E-state index contributed by atoms with van der Waals surface area (Å²) in [5.74, 6) is 0. The fourth-order valence-corrected chi connectivity index (χ4v) is 4.16. The van der Waals surface area contributed by atoms with Crippen LogP contribution in [0.5, 0.6) is 0 Å². The molecular formula is C12H17N3O5S. The number of nitrogens with zero attached hydrogens (tertiary/aromatic N) is 2. The van der Waals surface area contributed by atoms with Crippen molar-refractivity contribution in [2.75, 3.05) is 18.9 Å². The van der Waals surface area contributed by atoms with E-state index in [1.54, 1.807) is 0 Å². The van der Waals surface area contributed by atoms with Gasteiger partial charge in [0.1, 0.15) is 5.69 Å². The van der Waals surface area contributed by atoms with Crippen LogP contribution >= 0.6 is 0 Å². The summed E-state index contributed by atoms with van der Waals surface area (Å²) in [6.45, 7) is 0.0298. The average Bonchev–Trinajstić information content (AvgIpc) is 2.47. The zero-order chi connectivity index (χ0) is 15.6. The molecule has 9 heteroatoms. The van der Waals surface area contributed by atoms with Crippen molar-refractivity contribution >= 4 is 21.4 Å². The largest absolute Gasteiger partial charge is 0.395 e. The minimum absolute atomic E-state index is 0.0868. The standard InChI is InChI=1S/C12H17N3O5S/c13-11-5-4-10(7-12(11)15(17)18)21(19,20)14-6-2-1-3-9(14)8-16/h4-5,7,9,16H,1-3,6,8,13H2. The highest BCUT2D eigenvalue weighted by Gasteiger charge is 2.34. The fraction of sp³-hybridized carbons (Fsp3) is 0.500. The van der Waals surface area contributed by atoms with Gasteiger partial charge in [0.25, 0.3) is 5.69 Å². The Morgan fingerprint density at radius 1 is 1.43 bits per heavy atom. The summed E-state index contributed by atoms with van der Waals surface area (Å²) in [7, 11) is -3.88. The molecule has 1 saturated heterocycles. The molecule has 116 valence electrons. The number of hydrogen-bond acceptors (Lipinski definition) is 6. The molecule has 2 rings (SSSR count). The molecule has 0 amide bonds. The Bertz CT molecular complexity index is 646. The third-order valence-corrected chi connectivity index (χ3v) is 5.54. The van der Waals surface area contributed by atoms with Gasteiger partial charge in [-0.1, -0.05) is 6.42 Å². The van der Waals surface area contributed by atoms with Crippen LogP contribution in [-0.2, 0) is 10.0 Å². The fourth-order valence-electron chi connectivity index (χ4n) is 2.45. The molecule has 8 nitrogen and oxygen atoms in total. The molecule has 1 unspecified atom stereocenters. The maximum absolute atomic E-state index is 12.6. The third-order valence-electron chi connectivity index (χ3n) is 3.59. The van der Waals surface area contributed by atoms with Crippen molar-refractivity contribution in [3.05, 3.63) is 28.3 Å². The number of rotatable bonds is 4. The Morgan fingerprint density at radius 2 is 2.14 bits per heavy atom. The Hall–Kier alpha value is -1.71. The SMILES string of the molecule is Nc1ccc(S(=O)(=O)N2CCCCC2CO)cc1[N+](=O)[O-]. The van der Waals surface area contributed by atoms with E-state index in [0.717, 1.165) is 12.5 Å². The third kappa shape index (κ3) is 2.99. The molecule has 0 radical (unpaired) electrons. The average molecular weight is 315 g/mol. The second kappa shape index (κ2) is 5.96. The lowest BCUT2D eigenvalue weighted by Crippen LogP contribution is -2.45. The van der Waals surface area contributed by atoms with E-state index in [0.29, 0.717) is 19.4 Å². The lowest BCUT2D eigenvalue weighted by atomic mass is 10.1. The van der Waals surface area contributed by atoms with Gasteiger partial charge in [-0.2, -0.15) is 4.31 Å². The molecule has 0 aromatic heterocycles. The summed E-state index contributed by atoms with van der Waals surface area (Å²) in [6, 6.07) is 2.94. The van der Waals surface area contributed by atoms with Crippen LogP contribution in [0.1, 0.15) is 19.3 Å². The maximum Gasteiger partial charge on any atom is 0.293 e. The minimum Gasteiger partial charge on any atom is -0.395 e. The van der Waals surface area contributed by atoms with Gasteiger partial charge in [-0.05, 0) is 25.0 Å². The van der Waals surface area contributed by atoms with Crippen molar-refractivity contribution < 1.29 is 18.4 Å². The molecule has 21 heavy (non-hydrogen) atoms. The number of piperidine rings is 1. The Labute approximate surface area is 122 Å². The monoisotopic (exact) mass is 315 g/mol. The van der Waals surface area contributed by atoms with E-state index in [1.165, 1.54) is 16.4 Å². The van der Waals surface area contributed by atoms with E-state index >= 15 is 0 Å². The topological polar surface area (TPSA) is 127 Å². The first-order valence-electron chi connectivity index (χ1n) is 6.54. The number of benzene rings is 1. The zero-order valence-corrected chi connectivity index (χ0v) is 12.1. The predicted octanol–water partition coefficient (Wildman–Crippen LogP) is 0.712. The molecule has 0 bridgehead atoms. The first-order valence-corrected chi connectivity index (χ1v) is 7.98. The molecule has 1 atom stereocenters. The number of hydrogen-bond donors (Lipinski definition) is 2. The van der Waals surface area contributed by atoms with Gasteiger partial charge in [-0.15, -0.1) is 0 Å². The smallest absolute Gasteiger partial charge is 0.293 e. The predicted molar refractivity (Wildman–Crippen MR) is 76.1 cm³/mol. The highest BCUT2D eigenvalue weighted by molar-refractivity contribution is 7.89. The normalized spacial score (nSPS) is 20.3. The highest BCUT2D eigenvalue weighted by atomic mass is 32.2. The zero-order valence-electron chi connectivity index (χ0n) is 11.3. The van der Waals surface area contributed by atoms with Crippen LogP contribution < -0.4 is 5.73 Å². The van der Waals surface area contributed by atoms with Crippen LogP contribution in [0.2, 0.25) is 0 Å². The van der Waals surface area contributed by atoms with Crippen LogP contribution in [0.25, 0.3) is 0 Å². The summed E-state index contributed by atoms with van der Waals surface area (Å²) >= 11 is 0. The lowest BCUT2D eigenvalue weighted by Gasteiger charge is -2.33. The van der Waals surface area contributed by atoms with Crippen molar-refractivity contribution in [1.29, 1.82) is 0 Å². The van der Waals surface area contributed by atoms with Gasteiger partial charge in [-0.25, -0.2) is 8.42 Å². The highest BCUT2D eigenvalue weighted by Crippen LogP contribution is 2.29. The quantitative estimate of drug-likeness (QED) is 0.478. The minimum atomic E-state index is -3.88. The number of nitrogen functional groups attached to an aromatic ring is 1. The van der Waals surface area contributed by atoms with Gasteiger partial charge in [-0.3, -0.25) is 10.1 Å². The van der Waals surface area contributed by atoms with Gasteiger partial charge < -0.3 is 10.8 Å². The number of nitro groups is 1. The second-order valence-electron chi connectivity index (χ2n) is 4.93. The number of sulfonamides is 1. The van der Waals surface area contributed by atoms with Crippen molar-refractivity contribution in [2.45, 2.75) is 30.2 Å². The van der Waals surface area contributed by atoms with Crippen molar-refractivity contribution in [1.82, 2.24) is 4.31 Å². The second-order valence-corrected chi connectivity index (χ2v) is 6.82. The molecule has 1 aromatic rings. The van der Waals surface area contributed by atoms with Crippen LogP contribution in [-0.4, -0.2) is 41.9 Å². The molecule has 1 fully saturated rings. The van der Waals surface area contributed by atoms with Gasteiger partial charge in [0, 0.05) is 18.7 Å². The van der Waals surface area contributed by atoms with E-state index < -0.39 is 26.7 Å². The number of nitro benzene ring substituents is 1. The molecular weight excluding hydrogens is 298 g/mol. The maximum atomic E-state index is 12.6. The molecule has 0 spiro atoms. The van der Waals surface area contributed by atoms with Crippen LogP contribution in [0.15, 0.2) is 23.1 Å². The number of anilines is 1. The van der Waals surface area contributed by atoms with E-state index in [9.17, 15) is 23.6 Å². The molecule has 3 N–H and O–H groups in total. The Morgan fingerprint density at radius 3 is 2.76 bits per heavy atom. The summed E-state index contributed by atoms with van der Waals surface area (Å²) < 4.78 is 26.4. The van der Waals surface area contributed by atoms with Gasteiger partial charge in [0.2, 0.25) is 10.0 Å². The Kier molecular flexibility index (Phi) is 4.45. The van der Waals surface area contributed by atoms with Crippen LogP contribution in [0, 0.1) is 10.1 Å². The van der Waals surface area contributed by atoms with Gasteiger partial charge >= 0.3 is 0 Å². The van der Waals surface area contributed by atoms with Crippen LogP contribution in [0.3, 0.4) is 0 Å². The Balaban J connectivity index is 2.43. The lowest BCUT2D eigenvalue weighted by molar-refractivity contribution is -0.384. The summed E-state index contributed by atoms with van der Waals surface area (Å²) in [4.78, 5) is 9.98. The van der Waals surface area contributed by atoms with Crippen molar-refractivity contribution in [3.8, 4) is 0 Å². The van der Waals surface area contributed by atoms with Gasteiger partial charge in [0.05, 0.1) is 16.4 Å². The number of aliphatic hydroxyl groups excluding tert-OH is 1.